The smallest absolute Gasteiger partial charge is 0.295 e. The van der Waals surface area contributed by atoms with Crippen LogP contribution < -0.4 is 11.1 Å². The maximum atomic E-state index is 13.7. The van der Waals surface area contributed by atoms with Crippen molar-refractivity contribution in [1.29, 1.82) is 0 Å². The van der Waals surface area contributed by atoms with E-state index in [0.29, 0.717) is 5.39 Å². The molecule has 8 heteroatoms. The molecule has 2 fully saturated rings. The largest absolute Gasteiger partial charge is 0.370 e. The number of ketones is 1. The number of aromatic nitrogens is 1. The number of hydrogen-bond acceptors (Lipinski definition) is 4. The first kappa shape index (κ1) is 24.9. The number of amides is 3. The Bertz CT molecular complexity index is 1070. The van der Waals surface area contributed by atoms with Gasteiger partial charge in [-0.05, 0) is 37.7 Å². The summed E-state index contributed by atoms with van der Waals surface area (Å²) in [6.45, 7) is -0.0541. The molecule has 1 heterocycles. The van der Waals surface area contributed by atoms with E-state index in [9.17, 15) is 19.2 Å². The Morgan fingerprint density at radius 2 is 1.63 bits per heavy atom. The predicted octanol–water partition coefficient (Wildman–Crippen LogP) is 3.45. The van der Waals surface area contributed by atoms with Crippen LogP contribution in [0.1, 0.15) is 81.0 Å². The van der Waals surface area contributed by atoms with Gasteiger partial charge in [0.2, 0.25) is 11.8 Å². The zero-order chi connectivity index (χ0) is 24.8. The molecule has 188 valence electrons. The van der Waals surface area contributed by atoms with E-state index in [1.807, 2.05) is 18.2 Å². The van der Waals surface area contributed by atoms with Gasteiger partial charge < -0.3 is 20.9 Å². The summed E-state index contributed by atoms with van der Waals surface area (Å²) in [5.41, 5.74) is 6.45. The minimum atomic E-state index is -0.793. The quantitative estimate of drug-likeness (QED) is 0.375. The molecule has 2 aliphatic carbocycles. The average Bonchev–Trinajstić information content (AvgIpc) is 3.31. The maximum absolute atomic E-state index is 13.7. The van der Waals surface area contributed by atoms with Gasteiger partial charge in [-0.25, -0.2) is 0 Å². The van der Waals surface area contributed by atoms with Gasteiger partial charge in [0.1, 0.15) is 6.04 Å². The summed E-state index contributed by atoms with van der Waals surface area (Å²) in [6, 6.07) is 6.57. The van der Waals surface area contributed by atoms with Crippen LogP contribution in [0.5, 0.6) is 0 Å². The van der Waals surface area contributed by atoms with Gasteiger partial charge in [0.25, 0.3) is 11.7 Å². The Morgan fingerprint density at radius 3 is 2.31 bits per heavy atom. The van der Waals surface area contributed by atoms with Crippen molar-refractivity contribution in [1.82, 2.24) is 15.2 Å². The molecule has 8 nitrogen and oxygen atoms in total. The third kappa shape index (κ3) is 5.92. The van der Waals surface area contributed by atoms with E-state index in [-0.39, 0.29) is 36.4 Å². The Hall–Kier alpha value is -3.16. The molecule has 0 radical (unpaired) electrons. The number of carbonyl (C=O) groups is 4. The molecule has 2 aliphatic rings. The number of aromatic amines is 1. The van der Waals surface area contributed by atoms with Gasteiger partial charge in [0.05, 0.1) is 5.56 Å². The number of primary amides is 1. The maximum Gasteiger partial charge on any atom is 0.295 e. The van der Waals surface area contributed by atoms with Crippen molar-refractivity contribution in [3.05, 3.63) is 36.0 Å². The molecule has 2 saturated carbocycles. The van der Waals surface area contributed by atoms with Gasteiger partial charge >= 0.3 is 0 Å². The van der Waals surface area contributed by atoms with Crippen molar-refractivity contribution < 1.29 is 19.2 Å². The van der Waals surface area contributed by atoms with Crippen LogP contribution in [0.15, 0.2) is 30.5 Å². The molecule has 35 heavy (non-hydrogen) atoms. The van der Waals surface area contributed by atoms with Crippen LogP contribution in [0.4, 0.5) is 0 Å². The highest BCUT2D eigenvalue weighted by Crippen LogP contribution is 2.31. The lowest BCUT2D eigenvalue weighted by atomic mass is 9.82. The summed E-state index contributed by atoms with van der Waals surface area (Å²) < 4.78 is 0. The molecule has 0 bridgehead atoms. The second-order valence-corrected chi connectivity index (χ2v) is 9.98. The van der Waals surface area contributed by atoms with E-state index < -0.39 is 23.6 Å². The standard InChI is InChI=1S/C27H36N4O4/c28-23(32)15-16-31(27(35)25(33)21-17-29-22-14-8-7-13-20(21)22)24(18-9-3-1-4-10-18)26(34)30-19-11-5-2-6-12-19/h7-8,13-14,17-19,24,29H,1-6,9-12,15-16H2,(H2,28,32)(H,30,34). The number of para-hydroxylation sites is 1. The second kappa shape index (κ2) is 11.5. The summed E-state index contributed by atoms with van der Waals surface area (Å²) in [5, 5.41) is 3.83. The van der Waals surface area contributed by atoms with Crippen LogP contribution >= 0.6 is 0 Å². The van der Waals surface area contributed by atoms with E-state index in [2.05, 4.69) is 10.3 Å². The zero-order valence-electron chi connectivity index (χ0n) is 20.3. The Balaban J connectivity index is 1.64. The van der Waals surface area contributed by atoms with Gasteiger partial charge in [-0.3, -0.25) is 19.2 Å². The fourth-order valence-electron chi connectivity index (χ4n) is 5.70. The molecule has 3 amide bonds. The number of fused-ring (bicyclic) bond motifs is 1. The number of H-pyrrole nitrogens is 1. The molecule has 4 rings (SSSR count). The summed E-state index contributed by atoms with van der Waals surface area (Å²) >= 11 is 0. The highest BCUT2D eigenvalue weighted by Gasteiger charge is 2.40. The number of nitrogens with two attached hydrogens (primary N) is 1. The Labute approximate surface area is 206 Å². The van der Waals surface area contributed by atoms with Crippen molar-refractivity contribution in [2.75, 3.05) is 6.54 Å². The summed E-state index contributed by atoms with van der Waals surface area (Å²) in [4.78, 5) is 56.9. The molecule has 0 aliphatic heterocycles. The molecule has 1 unspecified atom stereocenters. The molecule has 1 aromatic heterocycles. The number of nitrogens with one attached hydrogen (secondary N) is 2. The Kier molecular flexibility index (Phi) is 8.21. The SMILES string of the molecule is NC(=O)CCN(C(=O)C(=O)c1c[nH]c2ccccc12)C(C(=O)NC1CCCCC1)C1CCCCC1. The number of hydrogen-bond donors (Lipinski definition) is 3. The minimum absolute atomic E-state index is 0.0541. The summed E-state index contributed by atoms with van der Waals surface area (Å²) in [7, 11) is 0. The first-order valence-electron chi connectivity index (χ1n) is 13.0. The number of nitrogens with zero attached hydrogens (tertiary/aromatic N) is 1. The zero-order valence-corrected chi connectivity index (χ0v) is 20.3. The average molecular weight is 481 g/mol. The van der Waals surface area contributed by atoms with E-state index in [1.165, 1.54) is 17.5 Å². The predicted molar refractivity (Wildman–Crippen MR) is 134 cm³/mol. The van der Waals surface area contributed by atoms with E-state index in [0.717, 1.165) is 63.3 Å². The van der Waals surface area contributed by atoms with Crippen LogP contribution in [0.2, 0.25) is 0 Å². The van der Waals surface area contributed by atoms with Gasteiger partial charge in [0.15, 0.2) is 0 Å². The van der Waals surface area contributed by atoms with Crippen LogP contribution in [0.3, 0.4) is 0 Å². The van der Waals surface area contributed by atoms with E-state index in [1.54, 1.807) is 6.07 Å². The van der Waals surface area contributed by atoms with Crippen LogP contribution in [-0.2, 0) is 14.4 Å². The topological polar surface area (TPSA) is 125 Å². The van der Waals surface area contributed by atoms with Crippen molar-refractivity contribution >= 4 is 34.4 Å². The minimum Gasteiger partial charge on any atom is -0.370 e. The van der Waals surface area contributed by atoms with Crippen molar-refractivity contribution in [2.45, 2.75) is 82.7 Å². The lowest BCUT2D eigenvalue weighted by Crippen LogP contribution is -2.57. The van der Waals surface area contributed by atoms with Gasteiger partial charge in [-0.1, -0.05) is 56.7 Å². The van der Waals surface area contributed by atoms with E-state index >= 15 is 0 Å². The van der Waals surface area contributed by atoms with Crippen molar-refractivity contribution in [3.63, 3.8) is 0 Å². The first-order valence-corrected chi connectivity index (χ1v) is 13.0. The third-order valence-electron chi connectivity index (χ3n) is 7.54. The van der Waals surface area contributed by atoms with Crippen molar-refractivity contribution in [3.8, 4) is 0 Å². The second-order valence-electron chi connectivity index (χ2n) is 9.98. The van der Waals surface area contributed by atoms with Gasteiger partial charge in [-0.2, -0.15) is 0 Å². The molecule has 1 atom stereocenters. The number of Topliss-reactive ketones (excluding diaryl/α,β-unsaturated/α-hetero) is 1. The summed E-state index contributed by atoms with van der Waals surface area (Å²) in [6.07, 6.45) is 11.3. The molecule has 4 N–H and O–H groups in total. The lowest BCUT2D eigenvalue weighted by Gasteiger charge is -2.38. The Morgan fingerprint density at radius 1 is 0.971 bits per heavy atom. The highest BCUT2D eigenvalue weighted by atomic mass is 16.2. The van der Waals surface area contributed by atoms with Crippen LogP contribution in [0, 0.1) is 5.92 Å². The normalized spacial score (nSPS) is 18.2. The highest BCUT2D eigenvalue weighted by molar-refractivity contribution is 6.45. The first-order chi connectivity index (χ1) is 17.0. The number of benzene rings is 1. The third-order valence-corrected chi connectivity index (χ3v) is 7.54. The van der Waals surface area contributed by atoms with Crippen molar-refractivity contribution in [2.24, 2.45) is 11.7 Å². The lowest BCUT2D eigenvalue weighted by molar-refractivity contribution is -0.141. The fraction of sp³-hybridized carbons (Fsp3) is 0.556. The van der Waals surface area contributed by atoms with Gasteiger partial charge in [-0.15, -0.1) is 0 Å². The molecular weight excluding hydrogens is 444 g/mol. The van der Waals surface area contributed by atoms with Crippen LogP contribution in [-0.4, -0.2) is 52.0 Å². The molecular formula is C27H36N4O4. The van der Waals surface area contributed by atoms with Gasteiger partial charge in [0, 0.05) is 36.1 Å². The summed E-state index contributed by atoms with van der Waals surface area (Å²) in [5.74, 6) is -2.28. The van der Waals surface area contributed by atoms with Crippen LogP contribution in [0.25, 0.3) is 10.9 Å². The molecule has 1 aromatic carbocycles. The number of carbonyl (C=O) groups excluding carboxylic acids is 4. The fourth-order valence-corrected chi connectivity index (χ4v) is 5.70. The molecule has 0 spiro atoms. The van der Waals surface area contributed by atoms with E-state index in [4.69, 9.17) is 5.73 Å². The molecule has 0 saturated heterocycles. The molecule has 2 aromatic rings. The monoisotopic (exact) mass is 480 g/mol. The number of rotatable bonds is 9.